The zero-order valence-electron chi connectivity index (χ0n) is 12.0. The normalized spacial score (nSPS) is 12.6. The second kappa shape index (κ2) is 6.69. The summed E-state index contributed by atoms with van der Waals surface area (Å²) < 4.78 is 1.97. The molecule has 6 heteroatoms. The molecule has 0 aliphatic rings. The lowest BCUT2D eigenvalue weighted by Gasteiger charge is -2.12. The molecular weight excluding hydrogens is 282 g/mol. The van der Waals surface area contributed by atoms with Crippen LogP contribution in [0.2, 0.25) is 0 Å². The zero-order valence-corrected chi connectivity index (χ0v) is 12.8. The van der Waals surface area contributed by atoms with Crippen LogP contribution in [0.3, 0.4) is 0 Å². The minimum atomic E-state index is 0.530. The van der Waals surface area contributed by atoms with Crippen molar-refractivity contribution in [1.29, 1.82) is 0 Å². The van der Waals surface area contributed by atoms with E-state index in [-0.39, 0.29) is 0 Å². The fraction of sp³-hybridized carbons (Fsp3) is 0.333. The fourth-order valence-corrected chi connectivity index (χ4v) is 3.08. The quantitative estimate of drug-likeness (QED) is 0.705. The van der Waals surface area contributed by atoms with Gasteiger partial charge in [0.2, 0.25) is 0 Å². The van der Waals surface area contributed by atoms with Crippen molar-refractivity contribution in [2.24, 2.45) is 5.92 Å². The van der Waals surface area contributed by atoms with E-state index >= 15 is 0 Å². The Balaban J connectivity index is 1.51. The zero-order chi connectivity index (χ0) is 14.5. The van der Waals surface area contributed by atoms with Gasteiger partial charge in [-0.25, -0.2) is 0 Å². The molecule has 0 saturated carbocycles. The van der Waals surface area contributed by atoms with Crippen LogP contribution >= 0.6 is 11.3 Å². The van der Waals surface area contributed by atoms with Gasteiger partial charge in [0.25, 0.3) is 0 Å². The predicted molar refractivity (Wildman–Crippen MR) is 85.0 cm³/mol. The molecule has 0 amide bonds. The Morgan fingerprint density at radius 2 is 2.38 bits per heavy atom. The molecule has 0 fully saturated rings. The van der Waals surface area contributed by atoms with Gasteiger partial charge >= 0.3 is 0 Å². The van der Waals surface area contributed by atoms with Crippen molar-refractivity contribution >= 4 is 11.3 Å². The summed E-state index contributed by atoms with van der Waals surface area (Å²) in [7, 11) is 0. The average molecular weight is 301 g/mol. The third kappa shape index (κ3) is 3.59. The third-order valence-electron chi connectivity index (χ3n) is 3.35. The van der Waals surface area contributed by atoms with Gasteiger partial charge < -0.3 is 5.32 Å². The van der Waals surface area contributed by atoms with E-state index in [9.17, 15) is 0 Å². The number of rotatable bonds is 7. The first-order valence-electron chi connectivity index (χ1n) is 7.07. The van der Waals surface area contributed by atoms with Gasteiger partial charge in [-0.15, -0.1) is 11.3 Å². The van der Waals surface area contributed by atoms with Crippen molar-refractivity contribution in [2.45, 2.75) is 20.0 Å². The maximum atomic E-state index is 4.24. The number of aromatic amines is 1. The first-order chi connectivity index (χ1) is 10.3. The van der Waals surface area contributed by atoms with E-state index < -0.39 is 0 Å². The van der Waals surface area contributed by atoms with Crippen molar-refractivity contribution in [3.63, 3.8) is 0 Å². The van der Waals surface area contributed by atoms with Gasteiger partial charge in [-0.1, -0.05) is 13.0 Å². The van der Waals surface area contributed by atoms with Crippen molar-refractivity contribution in [2.75, 3.05) is 6.54 Å². The van der Waals surface area contributed by atoms with Crippen LogP contribution in [0.15, 0.2) is 42.2 Å². The van der Waals surface area contributed by atoms with E-state index in [2.05, 4.69) is 45.0 Å². The lowest BCUT2D eigenvalue weighted by Crippen LogP contribution is -2.24. The monoisotopic (exact) mass is 301 g/mol. The van der Waals surface area contributed by atoms with Gasteiger partial charge in [0, 0.05) is 31.0 Å². The van der Waals surface area contributed by atoms with Gasteiger partial charge in [-0.2, -0.15) is 10.2 Å². The van der Waals surface area contributed by atoms with Gasteiger partial charge in [-0.3, -0.25) is 9.78 Å². The van der Waals surface area contributed by atoms with Gasteiger partial charge in [0.1, 0.15) is 0 Å². The molecule has 3 aromatic heterocycles. The van der Waals surface area contributed by atoms with Crippen molar-refractivity contribution in [3.05, 3.63) is 47.7 Å². The molecule has 0 spiro atoms. The molecular formula is C15H19N5S. The molecule has 21 heavy (non-hydrogen) atoms. The number of hydrogen-bond acceptors (Lipinski definition) is 4. The summed E-state index contributed by atoms with van der Waals surface area (Å²) in [5.41, 5.74) is 2.33. The summed E-state index contributed by atoms with van der Waals surface area (Å²) in [6.07, 6.45) is 5.72. The van der Waals surface area contributed by atoms with Crippen LogP contribution in [0.4, 0.5) is 0 Å². The van der Waals surface area contributed by atoms with E-state index in [1.54, 1.807) is 11.3 Å². The van der Waals surface area contributed by atoms with E-state index in [1.807, 2.05) is 29.3 Å². The SMILES string of the molecule is C[C@H](CNCc1cn[nH]c1-c1cccs1)Cn1cccn1. The molecule has 0 saturated heterocycles. The lowest BCUT2D eigenvalue weighted by atomic mass is 10.1. The molecule has 3 heterocycles. The van der Waals surface area contributed by atoms with Crippen molar-refractivity contribution in [1.82, 2.24) is 25.3 Å². The molecule has 0 unspecified atom stereocenters. The Kier molecular flexibility index (Phi) is 4.47. The highest BCUT2D eigenvalue weighted by Gasteiger charge is 2.09. The molecule has 0 aliphatic heterocycles. The van der Waals surface area contributed by atoms with Crippen LogP contribution in [0.1, 0.15) is 12.5 Å². The third-order valence-corrected chi connectivity index (χ3v) is 4.24. The van der Waals surface area contributed by atoms with E-state index in [0.717, 1.165) is 25.3 Å². The Morgan fingerprint density at radius 3 is 3.14 bits per heavy atom. The topological polar surface area (TPSA) is 58.5 Å². The summed E-state index contributed by atoms with van der Waals surface area (Å²) in [5.74, 6) is 0.530. The van der Waals surface area contributed by atoms with E-state index in [1.165, 1.54) is 10.4 Å². The fourth-order valence-electron chi connectivity index (χ4n) is 2.32. The summed E-state index contributed by atoms with van der Waals surface area (Å²) in [5, 5.41) is 17.1. The standard InChI is InChI=1S/C15H19N5S/c1-12(11-20-6-3-5-18-20)8-16-9-13-10-17-19-15(13)14-4-2-7-21-14/h2-7,10,12,16H,8-9,11H2,1H3,(H,17,19)/t12-/m1/s1. The number of thiophene rings is 1. The van der Waals surface area contributed by atoms with Crippen LogP contribution in [-0.4, -0.2) is 26.5 Å². The largest absolute Gasteiger partial charge is 0.312 e. The Bertz CT molecular complexity index is 641. The molecule has 3 aromatic rings. The van der Waals surface area contributed by atoms with Crippen molar-refractivity contribution < 1.29 is 0 Å². The molecule has 2 N–H and O–H groups in total. The van der Waals surface area contributed by atoms with Gasteiger partial charge in [0.05, 0.1) is 16.8 Å². The molecule has 0 aromatic carbocycles. The summed E-state index contributed by atoms with van der Waals surface area (Å²) in [6.45, 7) is 4.94. The first-order valence-corrected chi connectivity index (χ1v) is 7.95. The maximum Gasteiger partial charge on any atom is 0.0794 e. The van der Waals surface area contributed by atoms with Crippen LogP contribution in [0, 0.1) is 5.92 Å². The molecule has 1 atom stereocenters. The minimum absolute atomic E-state index is 0.530. The minimum Gasteiger partial charge on any atom is -0.312 e. The maximum absolute atomic E-state index is 4.24. The molecule has 5 nitrogen and oxygen atoms in total. The Hall–Kier alpha value is -1.92. The molecule has 0 bridgehead atoms. The number of nitrogens with one attached hydrogen (secondary N) is 2. The second-order valence-corrected chi connectivity index (χ2v) is 6.16. The second-order valence-electron chi connectivity index (χ2n) is 5.21. The molecule has 3 rings (SSSR count). The Labute approximate surface area is 128 Å². The number of hydrogen-bond donors (Lipinski definition) is 2. The van der Waals surface area contributed by atoms with Gasteiger partial charge in [0.15, 0.2) is 0 Å². The summed E-state index contributed by atoms with van der Waals surface area (Å²) in [6, 6.07) is 6.13. The highest BCUT2D eigenvalue weighted by Crippen LogP contribution is 2.25. The van der Waals surface area contributed by atoms with Crippen LogP contribution < -0.4 is 5.32 Å². The predicted octanol–water partition coefficient (Wildman–Crippen LogP) is 2.76. The van der Waals surface area contributed by atoms with Gasteiger partial charge in [-0.05, 0) is 30.0 Å². The highest BCUT2D eigenvalue weighted by atomic mass is 32.1. The lowest BCUT2D eigenvalue weighted by molar-refractivity contribution is 0.422. The summed E-state index contributed by atoms with van der Waals surface area (Å²) >= 11 is 1.73. The average Bonchev–Trinajstić information content (AvgIpc) is 3.20. The van der Waals surface area contributed by atoms with Crippen LogP contribution in [0.25, 0.3) is 10.6 Å². The highest BCUT2D eigenvalue weighted by molar-refractivity contribution is 7.13. The smallest absolute Gasteiger partial charge is 0.0794 e. The molecule has 0 radical (unpaired) electrons. The number of nitrogens with zero attached hydrogens (tertiary/aromatic N) is 3. The first kappa shape index (κ1) is 14.0. The van der Waals surface area contributed by atoms with Crippen LogP contribution in [0.5, 0.6) is 0 Å². The van der Waals surface area contributed by atoms with E-state index in [0.29, 0.717) is 5.92 Å². The van der Waals surface area contributed by atoms with Crippen LogP contribution in [-0.2, 0) is 13.1 Å². The van der Waals surface area contributed by atoms with E-state index in [4.69, 9.17) is 0 Å². The molecule has 110 valence electrons. The Morgan fingerprint density at radius 1 is 1.43 bits per heavy atom. The number of aromatic nitrogens is 4. The number of H-pyrrole nitrogens is 1. The van der Waals surface area contributed by atoms with Crippen molar-refractivity contribution in [3.8, 4) is 10.6 Å². The molecule has 0 aliphatic carbocycles. The summed E-state index contributed by atoms with van der Waals surface area (Å²) in [4.78, 5) is 1.23.